The van der Waals surface area contributed by atoms with Gasteiger partial charge in [-0.15, -0.1) is 0 Å². The van der Waals surface area contributed by atoms with Crippen LogP contribution in [0, 0.1) is 0 Å². The first-order chi connectivity index (χ1) is 7.75. The Morgan fingerprint density at radius 3 is 3.00 bits per heavy atom. The lowest BCUT2D eigenvalue weighted by atomic mass is 10.3. The van der Waals surface area contributed by atoms with Gasteiger partial charge in [0.15, 0.2) is 0 Å². The maximum Gasteiger partial charge on any atom is 0.0592 e. The molecule has 1 aromatic heterocycles. The van der Waals surface area contributed by atoms with Crippen molar-refractivity contribution >= 4 is 21.6 Å². The fraction of sp³-hybridized carbons (Fsp3) is 0.545. The molecule has 0 aliphatic carbocycles. The Labute approximate surface area is 105 Å². The predicted octanol–water partition coefficient (Wildman–Crippen LogP) is 1.52. The summed E-state index contributed by atoms with van der Waals surface area (Å²) in [6, 6.07) is 2.00. The molecule has 4 nitrogen and oxygen atoms in total. The summed E-state index contributed by atoms with van der Waals surface area (Å²) in [6.07, 6.45) is 3.61. The molecule has 0 radical (unpaired) electrons. The number of likely N-dealkylation sites (N-methyl/N-ethyl adjacent to an activating group) is 1. The fourth-order valence-electron chi connectivity index (χ4n) is 1.34. The summed E-state index contributed by atoms with van der Waals surface area (Å²) in [5, 5.41) is 3.31. The van der Waals surface area contributed by atoms with Gasteiger partial charge in [0, 0.05) is 46.2 Å². The Morgan fingerprint density at radius 2 is 2.31 bits per heavy atom. The third-order valence-corrected chi connectivity index (χ3v) is 2.88. The molecule has 1 aromatic rings. The van der Waals surface area contributed by atoms with Gasteiger partial charge in [-0.05, 0) is 22.0 Å². The summed E-state index contributed by atoms with van der Waals surface area (Å²) in [5.41, 5.74) is 1.16. The average molecular weight is 288 g/mol. The quantitative estimate of drug-likeness (QED) is 0.772. The monoisotopic (exact) mass is 287 g/mol. The number of rotatable bonds is 7. The molecule has 0 aromatic carbocycles. The van der Waals surface area contributed by atoms with E-state index in [1.807, 2.05) is 12.3 Å². The number of aromatic nitrogens is 1. The average Bonchev–Trinajstić information content (AvgIpc) is 2.29. The zero-order valence-electron chi connectivity index (χ0n) is 9.74. The summed E-state index contributed by atoms with van der Waals surface area (Å²) in [6.45, 7) is 3.53. The summed E-state index contributed by atoms with van der Waals surface area (Å²) in [5.74, 6) is 0. The topological polar surface area (TPSA) is 37.4 Å². The lowest BCUT2D eigenvalue weighted by Gasteiger charge is -2.20. The van der Waals surface area contributed by atoms with E-state index in [1.165, 1.54) is 0 Å². The second-order valence-electron chi connectivity index (χ2n) is 3.49. The zero-order chi connectivity index (χ0) is 11.8. The van der Waals surface area contributed by atoms with Gasteiger partial charge in [-0.1, -0.05) is 0 Å². The Balaban J connectivity index is 2.30. The van der Waals surface area contributed by atoms with Crippen LogP contribution in [0.1, 0.15) is 0 Å². The van der Waals surface area contributed by atoms with Gasteiger partial charge >= 0.3 is 0 Å². The number of hydrogen-bond acceptors (Lipinski definition) is 4. The van der Waals surface area contributed by atoms with Crippen LogP contribution in [0.25, 0.3) is 0 Å². The lowest BCUT2D eigenvalue weighted by Crippen LogP contribution is -2.31. The van der Waals surface area contributed by atoms with Crippen LogP contribution < -0.4 is 10.2 Å². The second kappa shape index (κ2) is 7.60. The number of hydrogen-bond donors (Lipinski definition) is 1. The molecule has 0 amide bonds. The molecule has 90 valence electrons. The molecule has 0 spiro atoms. The molecule has 0 atom stereocenters. The third-order valence-electron chi connectivity index (χ3n) is 2.27. The summed E-state index contributed by atoms with van der Waals surface area (Å²) in [4.78, 5) is 6.23. The maximum absolute atomic E-state index is 4.96. The van der Waals surface area contributed by atoms with Gasteiger partial charge in [0.05, 0.1) is 16.8 Å². The summed E-state index contributed by atoms with van der Waals surface area (Å²) < 4.78 is 5.98. The van der Waals surface area contributed by atoms with Crippen molar-refractivity contribution in [3.05, 3.63) is 22.9 Å². The number of nitrogens with zero attached hydrogens (tertiary/aromatic N) is 2. The van der Waals surface area contributed by atoms with E-state index in [-0.39, 0.29) is 0 Å². The number of halogens is 1. The number of pyridine rings is 1. The van der Waals surface area contributed by atoms with E-state index in [0.717, 1.165) is 36.4 Å². The van der Waals surface area contributed by atoms with Gasteiger partial charge in [-0.3, -0.25) is 4.98 Å². The molecular weight excluding hydrogens is 270 g/mol. The highest BCUT2D eigenvalue weighted by Crippen LogP contribution is 2.22. The first-order valence-electron chi connectivity index (χ1n) is 5.26. The van der Waals surface area contributed by atoms with Crippen molar-refractivity contribution in [2.24, 2.45) is 0 Å². The van der Waals surface area contributed by atoms with Gasteiger partial charge in [-0.25, -0.2) is 0 Å². The van der Waals surface area contributed by atoms with Crippen LogP contribution >= 0.6 is 15.9 Å². The molecular formula is C11H18BrN3O. The molecule has 1 heterocycles. The van der Waals surface area contributed by atoms with Gasteiger partial charge in [0.1, 0.15) is 0 Å². The second-order valence-corrected chi connectivity index (χ2v) is 4.35. The molecule has 5 heteroatoms. The minimum absolute atomic E-state index is 0.753. The van der Waals surface area contributed by atoms with E-state index < -0.39 is 0 Å². The van der Waals surface area contributed by atoms with Crippen molar-refractivity contribution in [1.29, 1.82) is 0 Å². The normalized spacial score (nSPS) is 10.4. The SMILES string of the molecule is COCCNCCN(C)c1ccncc1Br. The third kappa shape index (κ3) is 4.47. The summed E-state index contributed by atoms with van der Waals surface area (Å²) in [7, 11) is 3.78. The van der Waals surface area contributed by atoms with Gasteiger partial charge in [-0.2, -0.15) is 0 Å². The van der Waals surface area contributed by atoms with Gasteiger partial charge < -0.3 is 15.0 Å². The highest BCUT2D eigenvalue weighted by atomic mass is 79.9. The first-order valence-corrected chi connectivity index (χ1v) is 6.05. The van der Waals surface area contributed by atoms with E-state index in [2.05, 4.69) is 38.2 Å². The zero-order valence-corrected chi connectivity index (χ0v) is 11.3. The largest absolute Gasteiger partial charge is 0.383 e. The van der Waals surface area contributed by atoms with E-state index in [4.69, 9.17) is 4.74 Å². The smallest absolute Gasteiger partial charge is 0.0592 e. The molecule has 0 unspecified atom stereocenters. The molecule has 0 saturated heterocycles. The molecule has 1 rings (SSSR count). The van der Waals surface area contributed by atoms with E-state index in [9.17, 15) is 0 Å². The van der Waals surface area contributed by atoms with E-state index >= 15 is 0 Å². The molecule has 0 bridgehead atoms. The number of nitrogens with one attached hydrogen (secondary N) is 1. The molecule has 1 N–H and O–H groups in total. The lowest BCUT2D eigenvalue weighted by molar-refractivity contribution is 0.200. The first kappa shape index (κ1) is 13.4. The Bertz CT molecular complexity index is 309. The van der Waals surface area contributed by atoms with Crippen LogP contribution in [0.15, 0.2) is 22.9 Å². The minimum atomic E-state index is 0.753. The predicted molar refractivity (Wildman–Crippen MR) is 70.0 cm³/mol. The Morgan fingerprint density at radius 1 is 1.50 bits per heavy atom. The number of methoxy groups -OCH3 is 1. The standard InChI is InChI=1S/C11H18BrN3O/c1-15(7-5-13-6-8-16-2)11-3-4-14-9-10(11)12/h3-4,9,13H,5-8H2,1-2H3. The van der Waals surface area contributed by atoms with Crippen molar-refractivity contribution in [2.45, 2.75) is 0 Å². The van der Waals surface area contributed by atoms with E-state index in [1.54, 1.807) is 13.3 Å². The van der Waals surface area contributed by atoms with Crippen LogP contribution in [0.3, 0.4) is 0 Å². The van der Waals surface area contributed by atoms with Crippen LogP contribution in [-0.2, 0) is 4.74 Å². The minimum Gasteiger partial charge on any atom is -0.383 e. The molecule has 16 heavy (non-hydrogen) atoms. The van der Waals surface area contributed by atoms with Crippen molar-refractivity contribution in [3.63, 3.8) is 0 Å². The van der Waals surface area contributed by atoms with E-state index in [0.29, 0.717) is 0 Å². The number of ether oxygens (including phenoxy) is 1. The fourth-order valence-corrected chi connectivity index (χ4v) is 1.90. The van der Waals surface area contributed by atoms with Crippen molar-refractivity contribution < 1.29 is 4.74 Å². The van der Waals surface area contributed by atoms with Gasteiger partial charge in [0.2, 0.25) is 0 Å². The van der Waals surface area contributed by atoms with Crippen LogP contribution in [-0.4, -0.2) is 45.4 Å². The summed E-state index contributed by atoms with van der Waals surface area (Å²) >= 11 is 3.49. The van der Waals surface area contributed by atoms with Gasteiger partial charge in [0.25, 0.3) is 0 Å². The van der Waals surface area contributed by atoms with Crippen LogP contribution in [0.5, 0.6) is 0 Å². The van der Waals surface area contributed by atoms with Crippen LogP contribution in [0.4, 0.5) is 5.69 Å². The molecule has 0 fully saturated rings. The Hall–Kier alpha value is -0.650. The highest BCUT2D eigenvalue weighted by Gasteiger charge is 2.04. The Kier molecular flexibility index (Phi) is 6.37. The van der Waals surface area contributed by atoms with Crippen molar-refractivity contribution in [3.8, 4) is 0 Å². The van der Waals surface area contributed by atoms with Crippen molar-refractivity contribution in [2.75, 3.05) is 45.3 Å². The maximum atomic E-state index is 4.96. The molecule has 0 saturated carbocycles. The van der Waals surface area contributed by atoms with Crippen molar-refractivity contribution in [1.82, 2.24) is 10.3 Å². The molecule has 0 aliphatic heterocycles. The number of anilines is 1. The molecule has 0 aliphatic rings. The highest BCUT2D eigenvalue weighted by molar-refractivity contribution is 9.10. The van der Waals surface area contributed by atoms with Crippen LogP contribution in [0.2, 0.25) is 0 Å².